The first-order valence-electron chi connectivity index (χ1n) is 13.7. The van der Waals surface area contributed by atoms with Crippen LogP contribution in [-0.4, -0.2) is 49.5 Å². The van der Waals surface area contributed by atoms with E-state index in [9.17, 15) is 22.4 Å². The van der Waals surface area contributed by atoms with Crippen LogP contribution in [0.5, 0.6) is 0 Å². The summed E-state index contributed by atoms with van der Waals surface area (Å²) in [4.78, 5) is 29.0. The van der Waals surface area contributed by atoms with Crippen LogP contribution in [0.1, 0.15) is 50.3 Å². The fraction of sp³-hybridized carbons (Fsp3) is 0.375. The van der Waals surface area contributed by atoms with E-state index < -0.39 is 27.4 Å². The molecule has 0 unspecified atom stereocenters. The predicted molar refractivity (Wildman–Crippen MR) is 161 cm³/mol. The second-order valence-corrected chi connectivity index (χ2v) is 13.3. The molecule has 1 atom stereocenters. The van der Waals surface area contributed by atoms with Crippen molar-refractivity contribution in [3.63, 3.8) is 0 Å². The molecule has 0 aliphatic heterocycles. The van der Waals surface area contributed by atoms with Crippen molar-refractivity contribution in [2.24, 2.45) is 0 Å². The average Bonchev–Trinajstić information content (AvgIpc) is 2.89. The minimum absolute atomic E-state index is 0.0210. The number of nitrogens with zero attached hydrogens (tertiary/aromatic N) is 2. The number of carbonyl (C=O) groups is 2. The Morgan fingerprint density at radius 2 is 1.51 bits per heavy atom. The van der Waals surface area contributed by atoms with Gasteiger partial charge >= 0.3 is 0 Å². The molecule has 0 saturated heterocycles. The number of halogens is 1. The summed E-state index contributed by atoms with van der Waals surface area (Å²) in [6.07, 6.45) is 1.70. The summed E-state index contributed by atoms with van der Waals surface area (Å²) in [6, 6.07) is 21.6. The summed E-state index contributed by atoms with van der Waals surface area (Å²) < 4.78 is 40.1. The van der Waals surface area contributed by atoms with Crippen LogP contribution in [0, 0.1) is 12.7 Å². The van der Waals surface area contributed by atoms with Gasteiger partial charge in [-0.15, -0.1) is 0 Å². The number of anilines is 1. The highest BCUT2D eigenvalue weighted by atomic mass is 32.2. The van der Waals surface area contributed by atoms with Gasteiger partial charge in [-0.25, -0.2) is 12.8 Å². The number of rotatable bonds is 12. The molecule has 0 aliphatic carbocycles. The number of aryl methyl sites for hydroxylation is 1. The number of carbonyl (C=O) groups excluding carboxylic acids is 2. The zero-order valence-corrected chi connectivity index (χ0v) is 25.2. The normalized spacial score (nSPS) is 12.4. The molecule has 0 radical (unpaired) electrons. The summed E-state index contributed by atoms with van der Waals surface area (Å²) in [7, 11) is -3.58. The van der Waals surface area contributed by atoms with Gasteiger partial charge in [0.15, 0.2) is 0 Å². The van der Waals surface area contributed by atoms with E-state index in [1.54, 1.807) is 24.3 Å². The third-order valence-corrected chi connectivity index (χ3v) is 7.70. The van der Waals surface area contributed by atoms with Gasteiger partial charge in [0.1, 0.15) is 11.9 Å². The largest absolute Gasteiger partial charge is 0.350 e. The van der Waals surface area contributed by atoms with Crippen molar-refractivity contribution in [2.75, 3.05) is 17.1 Å². The van der Waals surface area contributed by atoms with Crippen LogP contribution in [0.15, 0.2) is 78.9 Å². The molecule has 0 saturated carbocycles. The van der Waals surface area contributed by atoms with Crippen molar-refractivity contribution < 1.29 is 22.4 Å². The molecule has 1 N–H and O–H groups in total. The van der Waals surface area contributed by atoms with Gasteiger partial charge in [0.05, 0.1) is 11.9 Å². The van der Waals surface area contributed by atoms with E-state index >= 15 is 0 Å². The summed E-state index contributed by atoms with van der Waals surface area (Å²) in [5.41, 5.74) is 2.58. The Bertz CT molecular complexity index is 1400. The van der Waals surface area contributed by atoms with Gasteiger partial charge in [-0.2, -0.15) is 0 Å². The highest BCUT2D eigenvalue weighted by molar-refractivity contribution is 7.92. The van der Waals surface area contributed by atoms with Crippen LogP contribution in [0.3, 0.4) is 0 Å². The molecule has 0 aliphatic rings. The number of nitrogens with one attached hydrogen (secondary N) is 1. The van der Waals surface area contributed by atoms with E-state index in [4.69, 9.17) is 0 Å². The number of hydrogen-bond donors (Lipinski definition) is 1. The maximum atomic E-state index is 13.8. The van der Waals surface area contributed by atoms with Crippen LogP contribution in [0.4, 0.5) is 10.1 Å². The lowest BCUT2D eigenvalue weighted by molar-refractivity contribution is -0.142. The van der Waals surface area contributed by atoms with Crippen LogP contribution >= 0.6 is 0 Å². The Labute approximate surface area is 243 Å². The van der Waals surface area contributed by atoms with Crippen LogP contribution < -0.4 is 9.62 Å². The molecule has 0 aromatic heterocycles. The van der Waals surface area contributed by atoms with Crippen molar-refractivity contribution in [1.29, 1.82) is 0 Å². The molecule has 2 amide bonds. The molecule has 220 valence electrons. The van der Waals surface area contributed by atoms with Crippen molar-refractivity contribution in [3.05, 3.63) is 101 Å². The summed E-state index contributed by atoms with van der Waals surface area (Å²) >= 11 is 0. The second kappa shape index (κ2) is 13.8. The molecule has 7 nitrogen and oxygen atoms in total. The van der Waals surface area contributed by atoms with Crippen LogP contribution in [-0.2, 0) is 32.6 Å². The maximum absolute atomic E-state index is 13.8. The highest BCUT2D eigenvalue weighted by Crippen LogP contribution is 2.21. The van der Waals surface area contributed by atoms with Crippen molar-refractivity contribution in [1.82, 2.24) is 10.2 Å². The molecular formula is C32H40FN3O4S. The number of benzene rings is 3. The van der Waals surface area contributed by atoms with Crippen molar-refractivity contribution in [3.8, 4) is 0 Å². The molecule has 0 heterocycles. The topological polar surface area (TPSA) is 86.8 Å². The Hall–Kier alpha value is -3.72. The Morgan fingerprint density at radius 1 is 0.902 bits per heavy atom. The van der Waals surface area contributed by atoms with Gasteiger partial charge in [-0.3, -0.25) is 13.9 Å². The van der Waals surface area contributed by atoms with E-state index in [0.717, 1.165) is 17.4 Å². The van der Waals surface area contributed by atoms with Gasteiger partial charge in [0.2, 0.25) is 21.8 Å². The molecular weight excluding hydrogens is 541 g/mol. The Kier molecular flexibility index (Phi) is 10.7. The van der Waals surface area contributed by atoms with Gasteiger partial charge in [-0.05, 0) is 69.5 Å². The molecule has 3 aromatic rings. The first-order chi connectivity index (χ1) is 19.2. The molecule has 41 heavy (non-hydrogen) atoms. The lowest BCUT2D eigenvalue weighted by Gasteiger charge is -2.34. The molecule has 0 bridgehead atoms. The van der Waals surface area contributed by atoms with Gasteiger partial charge < -0.3 is 10.2 Å². The lowest BCUT2D eigenvalue weighted by atomic mass is 10.00. The smallest absolute Gasteiger partial charge is 0.243 e. The molecule has 3 aromatic carbocycles. The standard InChI is InChI=1S/C32H40FN3O4S/c1-24-13-19-28(20-14-24)36(41(5,39)40)21-9-12-30(37)35(23-26-15-17-27(33)18-16-26)29(31(38)34-32(2,3)4)22-25-10-7-6-8-11-25/h6-8,10-11,13-20,29H,9,12,21-23H2,1-5H3,(H,34,38)/t29-/m0/s1. The SMILES string of the molecule is Cc1ccc(N(CCCC(=O)N(Cc2ccc(F)cc2)[C@@H](Cc2ccccc2)C(=O)NC(C)(C)C)S(C)(=O)=O)cc1. The number of amides is 2. The fourth-order valence-corrected chi connectivity index (χ4v) is 5.47. The third-order valence-electron chi connectivity index (χ3n) is 6.51. The first kappa shape index (κ1) is 31.8. The molecule has 9 heteroatoms. The fourth-order valence-electron chi connectivity index (χ4n) is 4.51. The highest BCUT2D eigenvalue weighted by Gasteiger charge is 2.32. The lowest BCUT2D eigenvalue weighted by Crippen LogP contribution is -2.54. The van der Waals surface area contributed by atoms with Crippen molar-refractivity contribution >= 4 is 27.5 Å². The van der Waals surface area contributed by atoms with Crippen LogP contribution in [0.2, 0.25) is 0 Å². The molecule has 3 rings (SSSR count). The molecule has 0 spiro atoms. The minimum atomic E-state index is -3.58. The van der Waals surface area contributed by atoms with Gasteiger partial charge in [0.25, 0.3) is 0 Å². The minimum Gasteiger partial charge on any atom is -0.350 e. The van der Waals surface area contributed by atoms with E-state index in [2.05, 4.69) is 5.32 Å². The summed E-state index contributed by atoms with van der Waals surface area (Å²) in [5, 5.41) is 3.01. The van der Waals surface area contributed by atoms with E-state index in [1.807, 2.05) is 70.2 Å². The van der Waals surface area contributed by atoms with E-state index in [-0.39, 0.29) is 44.2 Å². The monoisotopic (exact) mass is 581 g/mol. The number of hydrogen-bond acceptors (Lipinski definition) is 4. The second-order valence-electron chi connectivity index (χ2n) is 11.4. The van der Waals surface area contributed by atoms with Gasteiger partial charge in [0, 0.05) is 31.5 Å². The van der Waals surface area contributed by atoms with Crippen LogP contribution in [0.25, 0.3) is 0 Å². The van der Waals surface area contributed by atoms with Gasteiger partial charge in [-0.1, -0.05) is 60.2 Å². The zero-order chi connectivity index (χ0) is 30.2. The summed E-state index contributed by atoms with van der Waals surface area (Å²) in [5.74, 6) is -0.985. The summed E-state index contributed by atoms with van der Waals surface area (Å²) in [6.45, 7) is 7.76. The van der Waals surface area contributed by atoms with E-state index in [0.29, 0.717) is 11.3 Å². The van der Waals surface area contributed by atoms with E-state index in [1.165, 1.54) is 21.3 Å². The average molecular weight is 582 g/mol. The quantitative estimate of drug-likeness (QED) is 0.317. The molecule has 0 fully saturated rings. The maximum Gasteiger partial charge on any atom is 0.243 e. The third kappa shape index (κ3) is 10.0. The Morgan fingerprint density at radius 3 is 2.07 bits per heavy atom. The zero-order valence-electron chi connectivity index (χ0n) is 24.4. The first-order valence-corrected chi connectivity index (χ1v) is 15.5. The Balaban J connectivity index is 1.89. The predicted octanol–water partition coefficient (Wildman–Crippen LogP) is 5.24. The van der Waals surface area contributed by atoms with Crippen molar-refractivity contribution in [2.45, 2.75) is 65.1 Å². The number of sulfonamides is 1.